The van der Waals surface area contributed by atoms with Crippen molar-refractivity contribution < 1.29 is 4.42 Å². The molecule has 0 unspecified atom stereocenters. The van der Waals surface area contributed by atoms with Gasteiger partial charge in [0.2, 0.25) is 0 Å². The lowest BCUT2D eigenvalue weighted by Crippen LogP contribution is -1.91. The second-order valence-corrected chi connectivity index (χ2v) is 3.99. The Balaban J connectivity index is 2.22. The van der Waals surface area contributed by atoms with E-state index in [1.165, 1.54) is 16.7 Å². The van der Waals surface area contributed by atoms with E-state index < -0.39 is 0 Å². The van der Waals surface area contributed by atoms with Crippen LogP contribution < -0.4 is 5.32 Å². The molecule has 0 radical (unpaired) electrons. The highest BCUT2D eigenvalue weighted by Gasteiger charge is 2.05. The van der Waals surface area contributed by atoms with Crippen molar-refractivity contribution in [3.8, 4) is 0 Å². The van der Waals surface area contributed by atoms with Crippen molar-refractivity contribution in [3.63, 3.8) is 0 Å². The third-order valence-corrected chi connectivity index (χ3v) is 2.64. The van der Waals surface area contributed by atoms with Gasteiger partial charge < -0.3 is 9.73 Å². The average Bonchev–Trinajstić information content (AvgIpc) is 2.71. The number of hydrogen-bond donors (Lipinski definition) is 1. The van der Waals surface area contributed by atoms with E-state index >= 15 is 0 Å². The summed E-state index contributed by atoms with van der Waals surface area (Å²) < 4.78 is 5.51. The quantitative estimate of drug-likeness (QED) is 0.857. The fourth-order valence-corrected chi connectivity index (χ4v) is 1.68. The van der Waals surface area contributed by atoms with Crippen molar-refractivity contribution in [2.24, 2.45) is 0 Å². The molecular formula is C13H16N2O. The first kappa shape index (κ1) is 10.7. The van der Waals surface area contributed by atoms with E-state index in [9.17, 15) is 0 Å². The minimum atomic E-state index is 0.570. The molecule has 0 atom stereocenters. The van der Waals surface area contributed by atoms with Crippen molar-refractivity contribution in [2.75, 3.05) is 12.4 Å². The standard InChI is InChI=1S/C13H16N2O/c1-9-4-5-10(2)11(6-9)7-12-8-15-13(14-3)16-12/h4-6,8H,7H2,1-3H3,(H,14,15). The molecule has 1 aromatic carbocycles. The maximum Gasteiger partial charge on any atom is 0.294 e. The van der Waals surface area contributed by atoms with E-state index in [1.54, 1.807) is 13.2 Å². The molecule has 0 fully saturated rings. The number of benzene rings is 1. The second-order valence-electron chi connectivity index (χ2n) is 3.99. The lowest BCUT2D eigenvalue weighted by molar-refractivity contribution is 0.530. The van der Waals surface area contributed by atoms with Gasteiger partial charge in [-0.25, -0.2) is 4.98 Å². The van der Waals surface area contributed by atoms with Crippen LogP contribution in [0.5, 0.6) is 0 Å². The molecular weight excluding hydrogens is 200 g/mol. The largest absolute Gasteiger partial charge is 0.428 e. The zero-order valence-electron chi connectivity index (χ0n) is 9.87. The van der Waals surface area contributed by atoms with Gasteiger partial charge in [-0.1, -0.05) is 23.8 Å². The van der Waals surface area contributed by atoms with Gasteiger partial charge in [-0.3, -0.25) is 0 Å². The molecule has 0 bridgehead atoms. The molecule has 0 aliphatic heterocycles. The van der Waals surface area contributed by atoms with Gasteiger partial charge in [0, 0.05) is 13.5 Å². The van der Waals surface area contributed by atoms with Gasteiger partial charge in [-0.2, -0.15) is 0 Å². The lowest BCUT2D eigenvalue weighted by atomic mass is 10.0. The smallest absolute Gasteiger partial charge is 0.294 e. The molecule has 1 N–H and O–H groups in total. The van der Waals surface area contributed by atoms with Crippen LogP contribution in [0.3, 0.4) is 0 Å². The molecule has 16 heavy (non-hydrogen) atoms. The van der Waals surface area contributed by atoms with Crippen molar-refractivity contribution in [1.82, 2.24) is 4.98 Å². The first-order valence-corrected chi connectivity index (χ1v) is 5.37. The van der Waals surface area contributed by atoms with Gasteiger partial charge in [0.1, 0.15) is 5.76 Å². The molecule has 1 aromatic heterocycles. The fraction of sp³-hybridized carbons (Fsp3) is 0.308. The fourth-order valence-electron chi connectivity index (χ4n) is 1.68. The van der Waals surface area contributed by atoms with Crippen molar-refractivity contribution >= 4 is 6.01 Å². The summed E-state index contributed by atoms with van der Waals surface area (Å²) in [6, 6.07) is 7.02. The molecule has 0 saturated carbocycles. The summed E-state index contributed by atoms with van der Waals surface area (Å²) in [6.45, 7) is 4.21. The number of nitrogens with one attached hydrogen (secondary N) is 1. The van der Waals surface area contributed by atoms with Crippen LogP contribution in [0.15, 0.2) is 28.8 Å². The van der Waals surface area contributed by atoms with Gasteiger partial charge in [0.25, 0.3) is 6.01 Å². The maximum atomic E-state index is 5.51. The highest BCUT2D eigenvalue weighted by atomic mass is 16.4. The summed E-state index contributed by atoms with van der Waals surface area (Å²) in [7, 11) is 1.80. The molecule has 2 rings (SSSR count). The van der Waals surface area contributed by atoms with Crippen LogP contribution >= 0.6 is 0 Å². The Bertz CT molecular complexity index is 488. The number of aromatic nitrogens is 1. The molecule has 84 valence electrons. The molecule has 2 aromatic rings. The van der Waals surface area contributed by atoms with Crippen LogP contribution in [0.25, 0.3) is 0 Å². The third-order valence-electron chi connectivity index (χ3n) is 2.64. The topological polar surface area (TPSA) is 38.1 Å². The normalized spacial score (nSPS) is 10.4. The predicted octanol–water partition coefficient (Wildman–Crippen LogP) is 2.92. The van der Waals surface area contributed by atoms with Crippen LogP contribution in [0, 0.1) is 13.8 Å². The second kappa shape index (κ2) is 4.39. The zero-order chi connectivity index (χ0) is 11.5. The molecule has 1 heterocycles. The van der Waals surface area contributed by atoms with E-state index in [4.69, 9.17) is 4.42 Å². The van der Waals surface area contributed by atoms with Crippen LogP contribution in [0.2, 0.25) is 0 Å². The zero-order valence-corrected chi connectivity index (χ0v) is 9.87. The van der Waals surface area contributed by atoms with Gasteiger partial charge in [-0.15, -0.1) is 0 Å². The Morgan fingerprint density at radius 1 is 1.31 bits per heavy atom. The van der Waals surface area contributed by atoms with Crippen molar-refractivity contribution in [3.05, 3.63) is 46.8 Å². The van der Waals surface area contributed by atoms with Crippen LogP contribution in [-0.2, 0) is 6.42 Å². The Morgan fingerprint density at radius 2 is 2.12 bits per heavy atom. The number of nitrogens with zero attached hydrogens (tertiary/aromatic N) is 1. The van der Waals surface area contributed by atoms with Crippen LogP contribution in [0.1, 0.15) is 22.5 Å². The number of rotatable bonds is 3. The SMILES string of the molecule is CNc1ncc(Cc2cc(C)ccc2C)o1. The van der Waals surface area contributed by atoms with E-state index in [-0.39, 0.29) is 0 Å². The Labute approximate surface area is 95.5 Å². The van der Waals surface area contributed by atoms with Gasteiger partial charge in [-0.05, 0) is 25.0 Å². The molecule has 0 spiro atoms. The predicted molar refractivity (Wildman–Crippen MR) is 64.8 cm³/mol. The highest BCUT2D eigenvalue weighted by molar-refractivity contribution is 5.33. The summed E-state index contributed by atoms with van der Waals surface area (Å²) in [6.07, 6.45) is 2.57. The van der Waals surface area contributed by atoms with Crippen LogP contribution in [-0.4, -0.2) is 12.0 Å². The first-order valence-electron chi connectivity index (χ1n) is 5.37. The Kier molecular flexibility index (Phi) is 2.95. The number of hydrogen-bond acceptors (Lipinski definition) is 3. The number of anilines is 1. The molecule has 3 heteroatoms. The summed E-state index contributed by atoms with van der Waals surface area (Å²) in [5.74, 6) is 0.887. The summed E-state index contributed by atoms with van der Waals surface area (Å²) in [5, 5.41) is 2.88. The van der Waals surface area contributed by atoms with Crippen molar-refractivity contribution in [1.29, 1.82) is 0 Å². The van der Waals surface area contributed by atoms with E-state index in [2.05, 4.69) is 42.3 Å². The van der Waals surface area contributed by atoms with Gasteiger partial charge in [0.05, 0.1) is 6.20 Å². The minimum Gasteiger partial charge on any atom is -0.428 e. The number of aryl methyl sites for hydroxylation is 2. The summed E-state index contributed by atoms with van der Waals surface area (Å²) >= 11 is 0. The highest BCUT2D eigenvalue weighted by Crippen LogP contribution is 2.17. The maximum absolute atomic E-state index is 5.51. The van der Waals surface area contributed by atoms with E-state index in [0.717, 1.165) is 12.2 Å². The van der Waals surface area contributed by atoms with Crippen molar-refractivity contribution in [2.45, 2.75) is 20.3 Å². The average molecular weight is 216 g/mol. The Hall–Kier alpha value is -1.77. The first-order chi connectivity index (χ1) is 7.69. The third kappa shape index (κ3) is 2.24. The monoisotopic (exact) mass is 216 g/mol. The molecule has 0 aliphatic rings. The van der Waals surface area contributed by atoms with Gasteiger partial charge in [0.15, 0.2) is 0 Å². The minimum absolute atomic E-state index is 0.570. The molecule has 0 aliphatic carbocycles. The Morgan fingerprint density at radius 3 is 2.81 bits per heavy atom. The molecule has 3 nitrogen and oxygen atoms in total. The van der Waals surface area contributed by atoms with Crippen LogP contribution in [0.4, 0.5) is 6.01 Å². The lowest BCUT2D eigenvalue weighted by Gasteiger charge is -2.04. The molecule has 0 saturated heterocycles. The van der Waals surface area contributed by atoms with E-state index in [0.29, 0.717) is 6.01 Å². The van der Waals surface area contributed by atoms with Gasteiger partial charge >= 0.3 is 0 Å². The van der Waals surface area contributed by atoms with E-state index in [1.807, 2.05) is 0 Å². The summed E-state index contributed by atoms with van der Waals surface area (Å²) in [4.78, 5) is 4.11. The molecule has 0 amide bonds. The summed E-state index contributed by atoms with van der Waals surface area (Å²) in [5.41, 5.74) is 3.85. The number of oxazole rings is 1.